The molecule has 0 radical (unpaired) electrons. The highest BCUT2D eigenvalue weighted by atomic mass is 32.2. The summed E-state index contributed by atoms with van der Waals surface area (Å²) < 4.78 is 37.4. The van der Waals surface area contributed by atoms with Gasteiger partial charge in [-0.1, -0.05) is 6.07 Å². The fraction of sp³-hybridized carbons (Fsp3) is 0.333. The van der Waals surface area contributed by atoms with Crippen molar-refractivity contribution in [2.24, 2.45) is 0 Å². The summed E-state index contributed by atoms with van der Waals surface area (Å²) in [5.41, 5.74) is -3.17. The molecule has 2 N–H and O–H groups in total. The quantitative estimate of drug-likeness (QED) is 0.812. The van der Waals surface area contributed by atoms with E-state index in [1.807, 2.05) is 0 Å². The summed E-state index contributed by atoms with van der Waals surface area (Å²) in [5, 5.41) is 16.0. The van der Waals surface area contributed by atoms with E-state index in [-0.39, 0.29) is 24.1 Å². The summed E-state index contributed by atoms with van der Waals surface area (Å²) in [5.74, 6) is 0.330. The van der Waals surface area contributed by atoms with Crippen molar-refractivity contribution in [2.75, 3.05) is 17.6 Å². The van der Waals surface area contributed by atoms with Crippen LogP contribution in [-0.4, -0.2) is 44.0 Å². The van der Waals surface area contributed by atoms with Gasteiger partial charge in [0.15, 0.2) is 5.82 Å². The molecule has 0 fully saturated rings. The van der Waals surface area contributed by atoms with Crippen LogP contribution in [0.4, 0.5) is 23.7 Å². The van der Waals surface area contributed by atoms with Crippen LogP contribution in [-0.2, 0) is 0 Å². The number of benzene rings is 1. The van der Waals surface area contributed by atoms with Gasteiger partial charge in [-0.25, -0.2) is 4.79 Å². The molecule has 0 atom stereocenters. The molecule has 7 nitrogen and oxygen atoms in total. The smallest absolute Gasteiger partial charge is 0.337 e. The van der Waals surface area contributed by atoms with Gasteiger partial charge in [-0.05, 0) is 47.3 Å². The predicted molar refractivity (Wildman–Crippen MR) is 79.4 cm³/mol. The Hall–Kier alpha value is -2.30. The second-order valence-electron chi connectivity index (χ2n) is 4.36. The molecule has 0 aliphatic rings. The van der Waals surface area contributed by atoms with Crippen LogP contribution in [0.1, 0.15) is 5.82 Å². The largest absolute Gasteiger partial charge is 0.441 e. The van der Waals surface area contributed by atoms with Crippen LogP contribution < -0.4 is 10.6 Å². The van der Waals surface area contributed by atoms with E-state index in [0.717, 1.165) is 0 Å². The van der Waals surface area contributed by atoms with Crippen LogP contribution in [0.2, 0.25) is 0 Å². The van der Waals surface area contributed by atoms with Crippen LogP contribution in [0.15, 0.2) is 24.3 Å². The fourth-order valence-corrected chi connectivity index (χ4v) is 2.13. The molecule has 2 amide bonds. The number of aryl methyl sites for hydroxylation is 1. The van der Waals surface area contributed by atoms with Gasteiger partial charge in [0, 0.05) is 18.0 Å². The first-order chi connectivity index (χ1) is 10.8. The Morgan fingerprint density at radius 3 is 2.83 bits per heavy atom. The summed E-state index contributed by atoms with van der Waals surface area (Å²) in [6.45, 7) is 1.63. The molecule has 1 heterocycles. The molecule has 1 aromatic heterocycles. The number of carbonyl (C=O) groups is 1. The highest BCUT2D eigenvalue weighted by Crippen LogP contribution is 2.29. The Morgan fingerprint density at radius 2 is 2.17 bits per heavy atom. The number of alkyl halides is 3. The highest BCUT2D eigenvalue weighted by molar-refractivity contribution is 8.00. The third-order valence-electron chi connectivity index (χ3n) is 2.63. The third kappa shape index (κ3) is 5.43. The van der Waals surface area contributed by atoms with Crippen molar-refractivity contribution in [3.63, 3.8) is 0 Å². The van der Waals surface area contributed by atoms with Crippen molar-refractivity contribution in [1.29, 1.82) is 0 Å². The lowest BCUT2D eigenvalue weighted by atomic mass is 10.3. The minimum absolute atomic E-state index is 0.0954. The summed E-state index contributed by atoms with van der Waals surface area (Å²) in [7, 11) is 0. The predicted octanol–water partition coefficient (Wildman–Crippen LogP) is 2.35. The SMILES string of the molecule is Cc1nnnn1-c1cccc(NC(=O)NCCSC(F)(F)F)c1. The van der Waals surface area contributed by atoms with Gasteiger partial charge in [-0.3, -0.25) is 0 Å². The Labute approximate surface area is 133 Å². The maximum Gasteiger partial charge on any atom is 0.441 e. The van der Waals surface area contributed by atoms with Crippen LogP contribution in [0.5, 0.6) is 0 Å². The van der Waals surface area contributed by atoms with Crippen molar-refractivity contribution in [2.45, 2.75) is 12.4 Å². The highest BCUT2D eigenvalue weighted by Gasteiger charge is 2.27. The Kier molecular flexibility index (Phi) is 5.42. The molecule has 0 aliphatic carbocycles. The average Bonchev–Trinajstić information content (AvgIpc) is 2.89. The van der Waals surface area contributed by atoms with Crippen molar-refractivity contribution >= 4 is 23.5 Å². The zero-order valence-corrected chi connectivity index (χ0v) is 12.8. The molecule has 124 valence electrons. The number of tetrazole rings is 1. The number of amides is 2. The molecule has 23 heavy (non-hydrogen) atoms. The van der Waals surface area contributed by atoms with Gasteiger partial charge >= 0.3 is 11.5 Å². The molecule has 0 saturated carbocycles. The number of thioether (sulfide) groups is 1. The molecule has 2 rings (SSSR count). The lowest BCUT2D eigenvalue weighted by Crippen LogP contribution is -2.31. The second kappa shape index (κ2) is 7.31. The summed E-state index contributed by atoms with van der Waals surface area (Å²) in [6.07, 6.45) is 0. The van der Waals surface area contributed by atoms with Gasteiger partial charge < -0.3 is 10.6 Å². The zero-order valence-electron chi connectivity index (χ0n) is 12.0. The monoisotopic (exact) mass is 346 g/mol. The lowest BCUT2D eigenvalue weighted by molar-refractivity contribution is -0.0327. The third-order valence-corrected chi connectivity index (χ3v) is 3.36. The first-order valence-electron chi connectivity index (χ1n) is 6.46. The number of urea groups is 1. The van der Waals surface area contributed by atoms with E-state index < -0.39 is 11.5 Å². The molecule has 0 saturated heterocycles. The van der Waals surface area contributed by atoms with Crippen molar-refractivity contribution in [1.82, 2.24) is 25.5 Å². The van der Waals surface area contributed by atoms with E-state index in [4.69, 9.17) is 0 Å². The topological polar surface area (TPSA) is 84.7 Å². The van der Waals surface area contributed by atoms with E-state index in [1.54, 1.807) is 31.2 Å². The Bertz CT molecular complexity index is 675. The molecule has 11 heteroatoms. The average molecular weight is 346 g/mol. The number of nitrogens with zero attached hydrogens (tertiary/aromatic N) is 4. The minimum atomic E-state index is -4.30. The molecule has 2 aromatic rings. The van der Waals surface area contributed by atoms with Gasteiger partial charge in [-0.2, -0.15) is 17.9 Å². The van der Waals surface area contributed by atoms with Crippen LogP contribution in [0, 0.1) is 6.92 Å². The first-order valence-corrected chi connectivity index (χ1v) is 7.45. The van der Waals surface area contributed by atoms with Crippen LogP contribution in [0.25, 0.3) is 5.69 Å². The number of hydrogen-bond acceptors (Lipinski definition) is 5. The molecular weight excluding hydrogens is 333 g/mol. The number of nitrogens with one attached hydrogen (secondary N) is 2. The standard InChI is InChI=1S/C12H13F3N6OS/c1-8-18-19-20-21(8)10-4-2-3-9(7-10)17-11(22)16-5-6-23-12(13,14)15/h2-4,7H,5-6H2,1H3,(H2,16,17,22). The Balaban J connectivity index is 1.88. The van der Waals surface area contributed by atoms with E-state index in [9.17, 15) is 18.0 Å². The first kappa shape index (κ1) is 17.1. The summed E-state index contributed by atoms with van der Waals surface area (Å²) >= 11 is -0.184. The number of halogens is 3. The zero-order chi connectivity index (χ0) is 16.9. The molecular formula is C12H13F3N6OS. The maximum atomic E-state index is 12.0. The second-order valence-corrected chi connectivity index (χ2v) is 5.52. The van der Waals surface area contributed by atoms with Crippen molar-refractivity contribution in [3.8, 4) is 5.69 Å². The van der Waals surface area contributed by atoms with Crippen molar-refractivity contribution in [3.05, 3.63) is 30.1 Å². The molecule has 0 aliphatic heterocycles. The Morgan fingerprint density at radius 1 is 1.39 bits per heavy atom. The normalized spacial score (nSPS) is 11.3. The lowest BCUT2D eigenvalue weighted by Gasteiger charge is -2.10. The van der Waals surface area contributed by atoms with Gasteiger partial charge in [0.25, 0.3) is 0 Å². The number of aromatic nitrogens is 4. The molecule has 0 spiro atoms. The van der Waals surface area contributed by atoms with E-state index in [1.165, 1.54) is 4.68 Å². The van der Waals surface area contributed by atoms with Gasteiger partial charge in [-0.15, -0.1) is 5.10 Å². The number of rotatable bonds is 5. The summed E-state index contributed by atoms with van der Waals surface area (Å²) in [6, 6.07) is 6.16. The number of carbonyl (C=O) groups excluding carboxylic acids is 1. The summed E-state index contributed by atoms with van der Waals surface area (Å²) in [4.78, 5) is 11.6. The fourth-order valence-electron chi connectivity index (χ4n) is 1.69. The molecule has 1 aromatic carbocycles. The number of anilines is 1. The van der Waals surface area contributed by atoms with E-state index in [2.05, 4.69) is 26.2 Å². The van der Waals surface area contributed by atoms with Gasteiger partial charge in [0.2, 0.25) is 0 Å². The van der Waals surface area contributed by atoms with Gasteiger partial charge in [0.05, 0.1) is 5.69 Å². The van der Waals surface area contributed by atoms with Crippen molar-refractivity contribution < 1.29 is 18.0 Å². The maximum absolute atomic E-state index is 12.0. The van der Waals surface area contributed by atoms with E-state index in [0.29, 0.717) is 17.2 Å². The number of hydrogen-bond donors (Lipinski definition) is 2. The molecule has 0 bridgehead atoms. The van der Waals surface area contributed by atoms with Crippen LogP contribution in [0.3, 0.4) is 0 Å². The minimum Gasteiger partial charge on any atom is -0.337 e. The van der Waals surface area contributed by atoms with E-state index >= 15 is 0 Å². The van der Waals surface area contributed by atoms with Crippen LogP contribution >= 0.6 is 11.8 Å². The van der Waals surface area contributed by atoms with Gasteiger partial charge in [0.1, 0.15) is 0 Å². The molecule has 0 unspecified atom stereocenters.